The van der Waals surface area contributed by atoms with E-state index in [0.717, 1.165) is 63.9 Å². The molecule has 0 bridgehead atoms. The maximum atomic E-state index is 12.9. The number of carbonyl (C=O) groups is 1. The number of hydrogen-bond donors (Lipinski definition) is 0. The van der Waals surface area contributed by atoms with Crippen LogP contribution in [0.1, 0.15) is 62.0 Å². The minimum absolute atomic E-state index is 0.131. The van der Waals surface area contributed by atoms with E-state index < -0.39 is 11.9 Å². The van der Waals surface area contributed by atoms with Gasteiger partial charge in [-0.05, 0) is 44.4 Å². The monoisotopic (exact) mass is 476 g/mol. The molecular weight excluding hydrogens is 449 g/mol. The Morgan fingerprint density at radius 1 is 1.03 bits per heavy atom. The molecule has 3 saturated carbocycles. The van der Waals surface area contributed by atoms with Crippen LogP contribution in [-0.4, -0.2) is 71.8 Å². The van der Waals surface area contributed by atoms with Gasteiger partial charge in [0, 0.05) is 49.5 Å². The Labute approximate surface area is 194 Å². The number of nitrogens with zero attached hydrogens (tertiary/aromatic N) is 8. The van der Waals surface area contributed by atoms with Crippen molar-refractivity contribution in [2.75, 3.05) is 26.2 Å². The van der Waals surface area contributed by atoms with Gasteiger partial charge in [-0.3, -0.25) is 4.68 Å². The van der Waals surface area contributed by atoms with Crippen molar-refractivity contribution in [3.63, 3.8) is 0 Å². The van der Waals surface area contributed by atoms with Gasteiger partial charge in [0.1, 0.15) is 6.33 Å². The Bertz CT molecular complexity index is 1110. The highest BCUT2D eigenvalue weighted by molar-refractivity contribution is 5.77. The van der Waals surface area contributed by atoms with E-state index in [4.69, 9.17) is 0 Å². The number of hydrogen-bond acceptors (Lipinski definition) is 5. The zero-order valence-electron chi connectivity index (χ0n) is 18.8. The number of likely N-dealkylation sites (tertiary alicyclic amines) is 2. The summed E-state index contributed by atoms with van der Waals surface area (Å²) in [6.07, 6.45) is 4.77. The van der Waals surface area contributed by atoms with Gasteiger partial charge in [-0.25, -0.2) is 14.5 Å². The fourth-order valence-electron chi connectivity index (χ4n) is 6.71. The Hall–Kier alpha value is -2.66. The number of halogens is 3. The van der Waals surface area contributed by atoms with Crippen molar-refractivity contribution in [2.24, 2.45) is 16.7 Å². The lowest BCUT2D eigenvalue weighted by atomic mass is 9.57. The summed E-state index contributed by atoms with van der Waals surface area (Å²) in [4.78, 5) is 21.2. The molecule has 2 aromatic heterocycles. The number of aromatic nitrogens is 6. The first-order chi connectivity index (χ1) is 16.2. The van der Waals surface area contributed by atoms with Gasteiger partial charge in [-0.15, -0.1) is 5.10 Å². The molecule has 182 valence electrons. The van der Waals surface area contributed by atoms with Gasteiger partial charge < -0.3 is 9.80 Å². The summed E-state index contributed by atoms with van der Waals surface area (Å²) in [7, 11) is 0. The Morgan fingerprint density at radius 3 is 2.26 bits per heavy atom. The summed E-state index contributed by atoms with van der Waals surface area (Å²) in [5.41, 5.74) is -0.552. The first-order valence-electron chi connectivity index (χ1n) is 12.1. The summed E-state index contributed by atoms with van der Waals surface area (Å²) in [6.45, 7) is 3.60. The molecule has 0 aromatic carbocycles. The molecule has 5 aliphatic rings. The highest BCUT2D eigenvalue weighted by atomic mass is 19.4. The molecule has 0 radical (unpaired) electrons. The van der Waals surface area contributed by atoms with Crippen LogP contribution in [0, 0.1) is 16.7 Å². The maximum Gasteiger partial charge on any atom is 0.436 e. The second kappa shape index (κ2) is 6.72. The number of carbonyl (C=O) groups excluding carboxylic acids is 1. The number of urea groups is 1. The molecule has 3 aliphatic carbocycles. The van der Waals surface area contributed by atoms with Gasteiger partial charge in [0.15, 0.2) is 11.5 Å². The fourth-order valence-corrected chi connectivity index (χ4v) is 6.71. The van der Waals surface area contributed by atoms with Gasteiger partial charge in [-0.1, -0.05) is 5.21 Å². The van der Waals surface area contributed by atoms with Crippen molar-refractivity contribution in [3.05, 3.63) is 24.0 Å². The minimum atomic E-state index is -4.46. The molecule has 12 heteroatoms. The lowest BCUT2D eigenvalue weighted by Gasteiger charge is -2.63. The summed E-state index contributed by atoms with van der Waals surface area (Å²) < 4.78 is 41.3. The quantitative estimate of drug-likeness (QED) is 0.678. The fraction of sp³-hybridized carbons (Fsp3) is 0.773. The van der Waals surface area contributed by atoms with Crippen LogP contribution >= 0.6 is 0 Å². The van der Waals surface area contributed by atoms with E-state index in [-0.39, 0.29) is 22.8 Å². The molecular formula is C22H27F3N8O. The second-order valence-corrected chi connectivity index (χ2v) is 11.5. The lowest BCUT2D eigenvalue weighted by molar-refractivity contribution is -0.141. The second-order valence-electron chi connectivity index (χ2n) is 11.5. The number of amides is 2. The maximum absolute atomic E-state index is 12.9. The summed E-state index contributed by atoms with van der Waals surface area (Å²) in [5, 5.41) is 11.5. The normalized spacial score (nSPS) is 25.7. The molecule has 2 spiro atoms. The molecule has 2 saturated heterocycles. The van der Waals surface area contributed by atoms with Gasteiger partial charge in [0.25, 0.3) is 0 Å². The molecule has 5 fully saturated rings. The van der Waals surface area contributed by atoms with Crippen molar-refractivity contribution >= 4 is 6.03 Å². The highest BCUT2D eigenvalue weighted by Gasteiger charge is 2.58. The lowest BCUT2D eigenvalue weighted by Crippen LogP contribution is -2.71. The van der Waals surface area contributed by atoms with E-state index in [1.807, 2.05) is 20.8 Å². The van der Waals surface area contributed by atoms with Crippen LogP contribution in [0.5, 0.6) is 0 Å². The Kier molecular flexibility index (Phi) is 4.09. The van der Waals surface area contributed by atoms with Crippen molar-refractivity contribution in [2.45, 2.75) is 63.2 Å². The predicted molar refractivity (Wildman–Crippen MR) is 111 cm³/mol. The Morgan fingerprint density at radius 2 is 1.68 bits per heavy atom. The molecule has 2 aromatic rings. The zero-order chi connectivity index (χ0) is 23.3. The molecule has 2 aliphatic heterocycles. The average Bonchev–Trinajstić information content (AvgIpc) is 3.19. The van der Waals surface area contributed by atoms with E-state index in [9.17, 15) is 18.0 Å². The molecule has 4 heterocycles. The predicted octanol–water partition coefficient (Wildman–Crippen LogP) is 2.93. The first kappa shape index (κ1) is 20.7. The van der Waals surface area contributed by atoms with Crippen LogP contribution in [0.15, 0.2) is 12.5 Å². The molecule has 0 N–H and O–H groups in total. The SMILES string of the molecule is O=C(N1CC2(CC(Cn3cc(C(F)(F)F)nn3)C2)C1)N1CC2(CC(n3cnc(C4CC4)n3)C2)C1. The smallest absolute Gasteiger partial charge is 0.323 e. The number of rotatable bonds is 4. The van der Waals surface area contributed by atoms with Crippen LogP contribution in [0.4, 0.5) is 18.0 Å². The standard InChI is InChI=1S/C22H27F3N8O/c23-22(24,25)17-8-32(29-27-17)7-14-3-20(4-14)9-30(10-20)19(34)31-11-21(12-31)5-16(6-21)33-13-26-18(28-33)15-1-2-15/h8,13-16H,1-7,9-12H2. The summed E-state index contributed by atoms with van der Waals surface area (Å²) >= 11 is 0. The van der Waals surface area contributed by atoms with Crippen molar-refractivity contribution < 1.29 is 18.0 Å². The summed E-state index contributed by atoms with van der Waals surface area (Å²) in [5.74, 6) is 1.85. The average molecular weight is 477 g/mol. The third kappa shape index (κ3) is 3.31. The molecule has 34 heavy (non-hydrogen) atoms. The minimum Gasteiger partial charge on any atom is -0.323 e. The van der Waals surface area contributed by atoms with E-state index in [1.165, 1.54) is 17.5 Å². The van der Waals surface area contributed by atoms with E-state index in [1.54, 1.807) is 0 Å². The van der Waals surface area contributed by atoms with Crippen molar-refractivity contribution in [1.29, 1.82) is 0 Å². The topological polar surface area (TPSA) is 85.0 Å². The zero-order valence-corrected chi connectivity index (χ0v) is 18.8. The van der Waals surface area contributed by atoms with Crippen LogP contribution in [-0.2, 0) is 12.7 Å². The van der Waals surface area contributed by atoms with Gasteiger partial charge >= 0.3 is 12.2 Å². The van der Waals surface area contributed by atoms with Crippen LogP contribution in [0.2, 0.25) is 0 Å². The van der Waals surface area contributed by atoms with E-state index in [2.05, 4.69) is 20.4 Å². The first-order valence-corrected chi connectivity index (χ1v) is 12.1. The van der Waals surface area contributed by atoms with E-state index in [0.29, 0.717) is 18.5 Å². The van der Waals surface area contributed by atoms with Crippen molar-refractivity contribution in [1.82, 2.24) is 39.6 Å². The number of alkyl halides is 3. The largest absolute Gasteiger partial charge is 0.436 e. The van der Waals surface area contributed by atoms with Crippen LogP contribution < -0.4 is 0 Å². The summed E-state index contributed by atoms with van der Waals surface area (Å²) in [6, 6.07) is 0.541. The molecule has 9 nitrogen and oxygen atoms in total. The van der Waals surface area contributed by atoms with Gasteiger partial charge in [-0.2, -0.15) is 18.3 Å². The molecule has 0 unspecified atom stereocenters. The third-order valence-electron chi connectivity index (χ3n) is 8.54. The van der Waals surface area contributed by atoms with Crippen LogP contribution in [0.3, 0.4) is 0 Å². The molecule has 0 atom stereocenters. The third-order valence-corrected chi connectivity index (χ3v) is 8.54. The van der Waals surface area contributed by atoms with Crippen LogP contribution in [0.25, 0.3) is 0 Å². The van der Waals surface area contributed by atoms with Crippen molar-refractivity contribution in [3.8, 4) is 0 Å². The highest BCUT2D eigenvalue weighted by Crippen LogP contribution is 2.56. The van der Waals surface area contributed by atoms with Gasteiger partial charge in [0.05, 0.1) is 12.2 Å². The van der Waals surface area contributed by atoms with E-state index >= 15 is 0 Å². The Balaban J connectivity index is 0.844. The van der Waals surface area contributed by atoms with Gasteiger partial charge in [0.2, 0.25) is 0 Å². The molecule has 7 rings (SSSR count). The molecule has 2 amide bonds.